The summed E-state index contributed by atoms with van der Waals surface area (Å²) >= 11 is 3.43. The highest BCUT2D eigenvalue weighted by Crippen LogP contribution is 2.41. The molecule has 0 amide bonds. The Morgan fingerprint density at radius 3 is 2.13 bits per heavy atom. The van der Waals surface area contributed by atoms with Gasteiger partial charge in [0.25, 0.3) is 0 Å². The van der Waals surface area contributed by atoms with Crippen LogP contribution in [-0.2, 0) is 4.74 Å². The maximum absolute atomic E-state index is 5.43. The molecule has 0 saturated carbocycles. The third kappa shape index (κ3) is 2.27. The Hall–Kier alpha value is -0.320. The smallest absolute Gasteiger partial charge is 0.145 e. The Bertz CT molecular complexity index is 337. The van der Waals surface area contributed by atoms with Crippen molar-refractivity contribution in [2.75, 3.05) is 26.2 Å². The molecule has 0 radical (unpaired) electrons. The summed E-state index contributed by atoms with van der Waals surface area (Å²) in [6, 6.07) is 4.34. The van der Waals surface area contributed by atoms with E-state index in [0.717, 1.165) is 12.4 Å². The first-order valence-electron chi connectivity index (χ1n) is 4.71. The van der Waals surface area contributed by atoms with Gasteiger partial charge in [0, 0.05) is 0 Å². The molecule has 1 aliphatic heterocycles. The summed E-state index contributed by atoms with van der Waals surface area (Å²) in [4.78, 5) is 2.38. The van der Waals surface area contributed by atoms with Crippen LogP contribution >= 0.6 is 23.5 Å². The molecule has 1 aliphatic rings. The first-order chi connectivity index (χ1) is 7.30. The first kappa shape index (κ1) is 11.2. The van der Waals surface area contributed by atoms with Crippen LogP contribution in [0.15, 0.2) is 21.9 Å². The fourth-order valence-electron chi connectivity index (χ4n) is 1.53. The van der Waals surface area contributed by atoms with Crippen LogP contribution in [-0.4, -0.2) is 26.2 Å². The zero-order valence-corrected chi connectivity index (χ0v) is 10.7. The van der Waals surface area contributed by atoms with Gasteiger partial charge in [-0.3, -0.25) is 0 Å². The second-order valence-corrected chi connectivity index (χ2v) is 4.98. The van der Waals surface area contributed by atoms with Gasteiger partial charge in [-0.25, -0.2) is 0 Å². The van der Waals surface area contributed by atoms with E-state index in [-0.39, 0.29) is 0 Å². The summed E-state index contributed by atoms with van der Waals surface area (Å²) in [6.07, 6.45) is 4.45. The van der Waals surface area contributed by atoms with Crippen LogP contribution in [0.1, 0.15) is 11.7 Å². The molecule has 2 rings (SSSR count). The van der Waals surface area contributed by atoms with Crippen LogP contribution in [0.25, 0.3) is 0 Å². The summed E-state index contributed by atoms with van der Waals surface area (Å²) < 4.78 is 10.7. The van der Waals surface area contributed by atoms with Crippen molar-refractivity contribution in [2.24, 2.45) is 0 Å². The number of hydrogen-bond acceptors (Lipinski definition) is 4. The van der Waals surface area contributed by atoms with Gasteiger partial charge in [-0.05, 0) is 30.2 Å². The van der Waals surface area contributed by atoms with Crippen LogP contribution in [0, 0.1) is 0 Å². The Labute approximate surface area is 98.7 Å². The normalized spacial score (nSPS) is 19.0. The molecule has 1 aromatic rings. The van der Waals surface area contributed by atoms with Crippen LogP contribution in [0.3, 0.4) is 0 Å². The predicted molar refractivity (Wildman–Crippen MR) is 65.2 cm³/mol. The molecule has 1 heterocycles. The first-order valence-corrected chi connectivity index (χ1v) is 7.16. The lowest BCUT2D eigenvalue weighted by Crippen LogP contribution is -1.92. The van der Waals surface area contributed by atoms with Gasteiger partial charge in [-0.2, -0.15) is 0 Å². The Morgan fingerprint density at radius 2 is 1.80 bits per heavy atom. The monoisotopic (exact) mass is 242 g/mol. The van der Waals surface area contributed by atoms with Gasteiger partial charge in [-0.15, -0.1) is 23.5 Å². The van der Waals surface area contributed by atoms with Crippen molar-refractivity contribution >= 4 is 23.5 Å². The molecular weight excluding hydrogens is 228 g/mol. The molecule has 1 saturated heterocycles. The number of rotatable bonds is 4. The molecule has 0 aromatic heterocycles. The molecule has 0 spiro atoms. The van der Waals surface area contributed by atoms with Gasteiger partial charge in [-0.1, -0.05) is 0 Å². The van der Waals surface area contributed by atoms with Crippen LogP contribution in [0.5, 0.6) is 5.75 Å². The van der Waals surface area contributed by atoms with Crippen LogP contribution in [0.2, 0.25) is 0 Å². The fraction of sp³-hybridized carbons (Fsp3) is 0.455. The number of thioether (sulfide) groups is 2. The third-order valence-electron chi connectivity index (χ3n) is 2.39. The lowest BCUT2D eigenvalue weighted by Gasteiger charge is -2.12. The Kier molecular flexibility index (Phi) is 3.49. The van der Waals surface area contributed by atoms with Crippen LogP contribution in [0.4, 0.5) is 0 Å². The summed E-state index contributed by atoms with van der Waals surface area (Å²) in [5.74, 6) is 0.986. The van der Waals surface area contributed by atoms with Crippen molar-refractivity contribution in [1.29, 1.82) is 0 Å². The number of benzene rings is 1. The largest absolute Gasteiger partial charge is 0.494 e. The number of methoxy groups -OCH3 is 1. The van der Waals surface area contributed by atoms with Crippen LogP contribution < -0.4 is 4.74 Å². The highest BCUT2D eigenvalue weighted by atomic mass is 32.2. The highest BCUT2D eigenvalue weighted by Gasteiger charge is 2.26. The van der Waals surface area contributed by atoms with E-state index < -0.39 is 0 Å². The molecule has 2 nitrogen and oxygen atoms in total. The average molecular weight is 242 g/mol. The van der Waals surface area contributed by atoms with Gasteiger partial charge in [0.2, 0.25) is 0 Å². The van der Waals surface area contributed by atoms with Crippen molar-refractivity contribution in [3.63, 3.8) is 0 Å². The lowest BCUT2D eigenvalue weighted by atomic mass is 10.1. The maximum atomic E-state index is 5.43. The van der Waals surface area contributed by atoms with Crippen molar-refractivity contribution in [3.8, 4) is 5.75 Å². The van der Waals surface area contributed by atoms with Crippen molar-refractivity contribution in [3.05, 3.63) is 17.7 Å². The summed E-state index contributed by atoms with van der Waals surface area (Å²) in [6.45, 7) is 0.855. The Balaban J connectivity index is 2.45. The minimum Gasteiger partial charge on any atom is -0.494 e. The predicted octanol–water partition coefficient (Wildman–Crippen LogP) is 3.21. The molecule has 0 N–H and O–H groups in total. The van der Waals surface area contributed by atoms with E-state index in [9.17, 15) is 0 Å². The zero-order valence-electron chi connectivity index (χ0n) is 9.07. The molecule has 1 fully saturated rings. The lowest BCUT2D eigenvalue weighted by molar-refractivity contribution is 0.391. The van der Waals surface area contributed by atoms with Gasteiger partial charge in [0.1, 0.15) is 11.9 Å². The molecule has 1 unspecified atom stereocenters. The second kappa shape index (κ2) is 4.68. The Morgan fingerprint density at radius 1 is 1.27 bits per heavy atom. The topological polar surface area (TPSA) is 21.8 Å². The molecule has 1 aromatic carbocycles. The van der Waals surface area contributed by atoms with E-state index in [1.807, 2.05) is 0 Å². The van der Waals surface area contributed by atoms with Crippen molar-refractivity contribution < 1.29 is 9.47 Å². The summed E-state index contributed by atoms with van der Waals surface area (Å²) in [5.41, 5.74) is 1.27. The van der Waals surface area contributed by atoms with E-state index >= 15 is 0 Å². The molecule has 15 heavy (non-hydrogen) atoms. The molecule has 0 aliphatic carbocycles. The number of ether oxygens (including phenoxy) is 2. The molecule has 4 heteroatoms. The van der Waals surface area contributed by atoms with Gasteiger partial charge < -0.3 is 9.47 Å². The number of epoxide rings is 1. The summed E-state index contributed by atoms with van der Waals surface area (Å²) in [7, 11) is 1.72. The van der Waals surface area contributed by atoms with Crippen molar-refractivity contribution in [2.45, 2.75) is 15.9 Å². The highest BCUT2D eigenvalue weighted by molar-refractivity contribution is 7.99. The SMILES string of the molecule is COc1c(SC)cc(C2CO2)cc1SC. The van der Waals surface area contributed by atoms with E-state index in [1.165, 1.54) is 15.4 Å². The minimum atomic E-state index is 0.313. The van der Waals surface area contributed by atoms with Gasteiger partial charge in [0.05, 0.1) is 23.5 Å². The van der Waals surface area contributed by atoms with E-state index in [2.05, 4.69) is 24.6 Å². The maximum Gasteiger partial charge on any atom is 0.145 e. The van der Waals surface area contributed by atoms with E-state index in [1.54, 1.807) is 30.6 Å². The molecule has 82 valence electrons. The van der Waals surface area contributed by atoms with Gasteiger partial charge >= 0.3 is 0 Å². The average Bonchev–Trinajstić information content (AvgIpc) is 3.10. The van der Waals surface area contributed by atoms with E-state index in [4.69, 9.17) is 9.47 Å². The molecule has 1 atom stereocenters. The van der Waals surface area contributed by atoms with Crippen molar-refractivity contribution in [1.82, 2.24) is 0 Å². The standard InChI is InChI=1S/C11H14O2S2/c1-12-11-9(14-2)4-7(8-6-13-8)5-10(11)15-3/h4-5,8H,6H2,1-3H3. The summed E-state index contributed by atoms with van der Waals surface area (Å²) in [5, 5.41) is 0. The quantitative estimate of drug-likeness (QED) is 0.597. The third-order valence-corrected chi connectivity index (χ3v) is 3.88. The molecule has 0 bridgehead atoms. The van der Waals surface area contributed by atoms with E-state index in [0.29, 0.717) is 6.10 Å². The zero-order chi connectivity index (χ0) is 10.8. The fourth-order valence-corrected chi connectivity index (χ4v) is 2.86. The number of hydrogen-bond donors (Lipinski definition) is 0. The minimum absolute atomic E-state index is 0.313. The van der Waals surface area contributed by atoms with Gasteiger partial charge in [0.15, 0.2) is 0 Å². The molecular formula is C11H14O2S2. The second-order valence-electron chi connectivity index (χ2n) is 3.28.